The lowest BCUT2D eigenvalue weighted by Crippen LogP contribution is -2.17. The van der Waals surface area contributed by atoms with Gasteiger partial charge in [0.25, 0.3) is 5.69 Å². The molecule has 20 heavy (non-hydrogen) atoms. The fourth-order valence-electron chi connectivity index (χ4n) is 2.02. The standard InChI is InChI=1S/C15H18N2O3/c1-10-4-6-13(8-14(10)17(18)19)9-16-12(3)15-7-5-11(2)20-15/h4-8,12,16H,9H2,1-3H3. The molecule has 0 aliphatic carbocycles. The van der Waals surface area contributed by atoms with Gasteiger partial charge in [-0.3, -0.25) is 10.1 Å². The first-order chi connectivity index (χ1) is 9.47. The number of nitro benzene ring substituents is 1. The molecular weight excluding hydrogens is 256 g/mol. The lowest BCUT2D eigenvalue weighted by Gasteiger charge is -2.11. The zero-order valence-electron chi connectivity index (χ0n) is 11.8. The fraction of sp³-hybridized carbons (Fsp3) is 0.333. The normalized spacial score (nSPS) is 12.3. The Morgan fingerprint density at radius 3 is 2.65 bits per heavy atom. The number of nitrogens with zero attached hydrogens (tertiary/aromatic N) is 1. The highest BCUT2D eigenvalue weighted by Crippen LogP contribution is 2.20. The maximum Gasteiger partial charge on any atom is 0.272 e. The van der Waals surface area contributed by atoms with Crippen molar-refractivity contribution in [2.45, 2.75) is 33.4 Å². The summed E-state index contributed by atoms with van der Waals surface area (Å²) in [6.45, 7) is 6.20. The topological polar surface area (TPSA) is 68.3 Å². The molecule has 0 bridgehead atoms. The maximum atomic E-state index is 10.9. The zero-order chi connectivity index (χ0) is 14.7. The predicted octanol–water partition coefficient (Wildman–Crippen LogP) is 3.66. The number of nitrogens with one attached hydrogen (secondary N) is 1. The van der Waals surface area contributed by atoms with E-state index in [2.05, 4.69) is 5.32 Å². The molecule has 1 N–H and O–H groups in total. The average molecular weight is 274 g/mol. The minimum Gasteiger partial charge on any atom is -0.465 e. The molecule has 0 radical (unpaired) electrons. The van der Waals surface area contributed by atoms with Gasteiger partial charge in [-0.05, 0) is 38.5 Å². The molecule has 5 nitrogen and oxygen atoms in total. The van der Waals surface area contributed by atoms with Crippen molar-refractivity contribution in [2.24, 2.45) is 0 Å². The van der Waals surface area contributed by atoms with Gasteiger partial charge in [-0.25, -0.2) is 0 Å². The molecule has 0 aliphatic heterocycles. The van der Waals surface area contributed by atoms with Crippen molar-refractivity contribution in [3.63, 3.8) is 0 Å². The van der Waals surface area contributed by atoms with Gasteiger partial charge in [0.05, 0.1) is 11.0 Å². The van der Waals surface area contributed by atoms with Gasteiger partial charge in [0.1, 0.15) is 11.5 Å². The van der Waals surface area contributed by atoms with E-state index in [0.29, 0.717) is 12.1 Å². The summed E-state index contributed by atoms with van der Waals surface area (Å²) in [5.74, 6) is 1.74. The van der Waals surface area contributed by atoms with E-state index in [4.69, 9.17) is 4.42 Å². The summed E-state index contributed by atoms with van der Waals surface area (Å²) < 4.78 is 5.54. The first-order valence-electron chi connectivity index (χ1n) is 6.51. The molecule has 1 unspecified atom stereocenters. The van der Waals surface area contributed by atoms with Crippen molar-refractivity contribution < 1.29 is 9.34 Å². The molecule has 1 heterocycles. The summed E-state index contributed by atoms with van der Waals surface area (Å²) in [4.78, 5) is 10.6. The predicted molar refractivity (Wildman–Crippen MR) is 76.5 cm³/mol. The fourth-order valence-corrected chi connectivity index (χ4v) is 2.02. The molecule has 5 heteroatoms. The highest BCUT2D eigenvalue weighted by Gasteiger charge is 2.12. The molecule has 106 valence electrons. The maximum absolute atomic E-state index is 10.9. The van der Waals surface area contributed by atoms with Gasteiger partial charge >= 0.3 is 0 Å². The molecule has 1 aromatic heterocycles. The van der Waals surface area contributed by atoms with Gasteiger partial charge in [-0.2, -0.15) is 0 Å². The summed E-state index contributed by atoms with van der Waals surface area (Å²) >= 11 is 0. The van der Waals surface area contributed by atoms with E-state index >= 15 is 0 Å². The van der Waals surface area contributed by atoms with Crippen LogP contribution in [0.25, 0.3) is 0 Å². The van der Waals surface area contributed by atoms with E-state index in [1.165, 1.54) is 0 Å². The molecular formula is C15H18N2O3. The molecule has 0 aliphatic rings. The lowest BCUT2D eigenvalue weighted by atomic mass is 10.1. The van der Waals surface area contributed by atoms with E-state index in [1.807, 2.05) is 32.0 Å². The van der Waals surface area contributed by atoms with E-state index in [1.54, 1.807) is 19.1 Å². The first kappa shape index (κ1) is 14.3. The van der Waals surface area contributed by atoms with Crippen LogP contribution < -0.4 is 5.32 Å². The van der Waals surface area contributed by atoms with Gasteiger partial charge in [0.15, 0.2) is 0 Å². The highest BCUT2D eigenvalue weighted by molar-refractivity contribution is 5.42. The van der Waals surface area contributed by atoms with Gasteiger partial charge in [-0.1, -0.05) is 12.1 Å². The van der Waals surface area contributed by atoms with Crippen LogP contribution in [-0.4, -0.2) is 4.92 Å². The van der Waals surface area contributed by atoms with Crippen LogP contribution in [-0.2, 0) is 6.54 Å². The molecule has 0 saturated heterocycles. The third kappa shape index (κ3) is 3.24. The van der Waals surface area contributed by atoms with Crippen molar-refractivity contribution in [3.05, 3.63) is 63.1 Å². The first-order valence-corrected chi connectivity index (χ1v) is 6.51. The summed E-state index contributed by atoms with van der Waals surface area (Å²) in [5.41, 5.74) is 1.72. The Morgan fingerprint density at radius 2 is 2.05 bits per heavy atom. The van der Waals surface area contributed by atoms with Gasteiger partial charge in [0.2, 0.25) is 0 Å². The summed E-state index contributed by atoms with van der Waals surface area (Å²) in [6.07, 6.45) is 0. The third-order valence-corrected chi connectivity index (χ3v) is 3.27. The second kappa shape index (κ2) is 5.88. The van der Waals surface area contributed by atoms with Crippen molar-refractivity contribution in [2.75, 3.05) is 0 Å². The number of aryl methyl sites for hydroxylation is 2. The Kier molecular flexibility index (Phi) is 4.20. The number of rotatable bonds is 5. The largest absolute Gasteiger partial charge is 0.465 e. The Bertz CT molecular complexity index is 619. The Labute approximate surface area is 117 Å². The van der Waals surface area contributed by atoms with Crippen molar-refractivity contribution in [1.29, 1.82) is 0 Å². The second-order valence-electron chi connectivity index (χ2n) is 4.93. The SMILES string of the molecule is Cc1ccc(C(C)NCc2ccc(C)c([N+](=O)[O-])c2)o1. The van der Waals surface area contributed by atoms with Crippen LogP contribution in [0.15, 0.2) is 34.7 Å². The Balaban J connectivity index is 2.04. The number of furan rings is 1. The van der Waals surface area contributed by atoms with Crippen LogP contribution >= 0.6 is 0 Å². The van der Waals surface area contributed by atoms with Crippen LogP contribution in [0.4, 0.5) is 5.69 Å². The number of nitro groups is 1. The van der Waals surface area contributed by atoms with E-state index in [9.17, 15) is 10.1 Å². The minimum absolute atomic E-state index is 0.0593. The van der Waals surface area contributed by atoms with Crippen LogP contribution in [0.1, 0.15) is 35.6 Å². The smallest absolute Gasteiger partial charge is 0.272 e. The van der Waals surface area contributed by atoms with Crippen molar-refractivity contribution in [3.8, 4) is 0 Å². The molecule has 2 aromatic rings. The van der Waals surface area contributed by atoms with Crippen molar-refractivity contribution in [1.82, 2.24) is 5.32 Å². The molecule has 0 amide bonds. The summed E-state index contributed by atoms with van der Waals surface area (Å²) in [6, 6.07) is 9.20. The quantitative estimate of drug-likeness (QED) is 0.667. The minimum atomic E-state index is -0.349. The van der Waals surface area contributed by atoms with Gasteiger partial charge in [-0.15, -0.1) is 0 Å². The van der Waals surface area contributed by atoms with E-state index < -0.39 is 0 Å². The molecule has 1 aromatic carbocycles. The molecule has 0 saturated carbocycles. The lowest BCUT2D eigenvalue weighted by molar-refractivity contribution is -0.385. The summed E-state index contributed by atoms with van der Waals surface area (Å²) in [7, 11) is 0. The van der Waals surface area contributed by atoms with Gasteiger partial charge < -0.3 is 9.73 Å². The monoisotopic (exact) mass is 274 g/mol. The number of hydrogen-bond acceptors (Lipinski definition) is 4. The number of benzene rings is 1. The Morgan fingerprint density at radius 1 is 1.30 bits per heavy atom. The third-order valence-electron chi connectivity index (χ3n) is 3.27. The number of hydrogen-bond donors (Lipinski definition) is 1. The van der Waals surface area contributed by atoms with Crippen molar-refractivity contribution >= 4 is 5.69 Å². The van der Waals surface area contributed by atoms with Gasteiger partial charge in [0, 0.05) is 18.2 Å². The Hall–Kier alpha value is -2.14. The average Bonchev–Trinajstić information content (AvgIpc) is 2.84. The van der Waals surface area contributed by atoms with E-state index in [-0.39, 0.29) is 16.7 Å². The molecule has 0 fully saturated rings. The van der Waals surface area contributed by atoms with Crippen LogP contribution in [0, 0.1) is 24.0 Å². The molecule has 0 spiro atoms. The molecule has 1 atom stereocenters. The summed E-state index contributed by atoms with van der Waals surface area (Å²) in [5, 5.41) is 14.2. The van der Waals surface area contributed by atoms with E-state index in [0.717, 1.165) is 17.1 Å². The van der Waals surface area contributed by atoms with Crippen LogP contribution in [0.2, 0.25) is 0 Å². The highest BCUT2D eigenvalue weighted by atomic mass is 16.6. The second-order valence-corrected chi connectivity index (χ2v) is 4.93. The zero-order valence-corrected chi connectivity index (χ0v) is 11.8. The molecule has 2 rings (SSSR count). The van der Waals surface area contributed by atoms with Crippen LogP contribution in [0.3, 0.4) is 0 Å². The van der Waals surface area contributed by atoms with Crippen LogP contribution in [0.5, 0.6) is 0 Å².